The molecule has 1 heterocycles. The maximum Gasteiger partial charge on any atom is 0.308 e. The summed E-state index contributed by atoms with van der Waals surface area (Å²) >= 11 is 0. The van der Waals surface area contributed by atoms with Crippen LogP contribution in [0.1, 0.15) is 19.5 Å². The van der Waals surface area contributed by atoms with Crippen molar-refractivity contribution in [3.05, 3.63) is 30.0 Å². The van der Waals surface area contributed by atoms with Crippen LogP contribution in [-0.2, 0) is 16.6 Å². The second-order valence-corrected chi connectivity index (χ2v) is 9.35. The first-order valence-corrected chi connectivity index (χ1v) is 13.0. The highest BCUT2D eigenvalue weighted by molar-refractivity contribution is 6.20. The molecule has 14 heteroatoms. The van der Waals surface area contributed by atoms with Crippen LogP contribution in [0.2, 0.25) is 0 Å². The van der Waals surface area contributed by atoms with Gasteiger partial charge in [0.2, 0.25) is 5.75 Å². The Balaban J connectivity index is 0.000000850. The maximum atomic E-state index is 12.3. The van der Waals surface area contributed by atoms with Crippen molar-refractivity contribution in [2.75, 3.05) is 28.4 Å². The third-order valence-electron chi connectivity index (χ3n) is 6.20. The van der Waals surface area contributed by atoms with Crippen molar-refractivity contribution in [1.29, 1.82) is 0 Å². The first-order chi connectivity index (χ1) is 19.2. The minimum absolute atomic E-state index is 0.289. The molecule has 1 aromatic heterocycles. The molecular formula is C27H28ClNO12. The fraction of sp³-hybridized carbons (Fsp3) is 0.296. The summed E-state index contributed by atoms with van der Waals surface area (Å²) in [5, 5.41) is 3.14. The summed E-state index contributed by atoms with van der Waals surface area (Å²) in [6.07, 6.45) is 0. The predicted octanol–water partition coefficient (Wildman–Crippen LogP) is -0.592. The molecule has 4 aromatic rings. The van der Waals surface area contributed by atoms with Crippen LogP contribution < -0.4 is 51.6 Å². The highest BCUT2D eigenvalue weighted by Gasteiger charge is 2.31. The molecule has 0 unspecified atom stereocenters. The van der Waals surface area contributed by atoms with Gasteiger partial charge in [-0.05, 0) is 24.3 Å². The first kappa shape index (κ1) is 31.4. The van der Waals surface area contributed by atoms with E-state index in [1.807, 2.05) is 30.7 Å². The van der Waals surface area contributed by atoms with Gasteiger partial charge in [0.15, 0.2) is 34.4 Å². The van der Waals surface area contributed by atoms with E-state index in [0.717, 1.165) is 16.5 Å². The number of carbonyl (C=O) groups is 2. The Hall–Kier alpha value is -4.14. The number of fused-ring (bicyclic) bond motifs is 4. The molecule has 0 saturated heterocycles. The zero-order valence-corrected chi connectivity index (χ0v) is 24.3. The van der Waals surface area contributed by atoms with E-state index in [1.54, 1.807) is 26.4 Å². The predicted molar refractivity (Wildman–Crippen MR) is 134 cm³/mol. The van der Waals surface area contributed by atoms with E-state index < -0.39 is 22.2 Å². The number of pyridine rings is 1. The van der Waals surface area contributed by atoms with Gasteiger partial charge >= 0.3 is 11.9 Å². The van der Waals surface area contributed by atoms with E-state index >= 15 is 0 Å². The van der Waals surface area contributed by atoms with Gasteiger partial charge in [-0.1, -0.05) is 0 Å². The molecule has 13 nitrogen and oxygen atoms in total. The zero-order chi connectivity index (χ0) is 30.8. The number of ether oxygens (including phenoxy) is 6. The van der Waals surface area contributed by atoms with Gasteiger partial charge in [-0.15, -0.1) is 10.2 Å². The van der Waals surface area contributed by atoms with E-state index in [0.29, 0.717) is 50.4 Å². The summed E-state index contributed by atoms with van der Waals surface area (Å²) in [7, 11) is 3.05. The maximum absolute atomic E-state index is 12.3. The molecule has 0 N–H and O–H groups in total. The molecule has 0 spiro atoms. The van der Waals surface area contributed by atoms with E-state index in [2.05, 4.69) is 0 Å². The highest BCUT2D eigenvalue weighted by Crippen LogP contribution is 2.49. The van der Waals surface area contributed by atoms with Crippen LogP contribution in [-0.4, -0.2) is 40.4 Å². The molecule has 0 aliphatic rings. The number of methoxy groups -OCH3 is 4. The smallest absolute Gasteiger partial charge is 0.308 e. The average Bonchev–Trinajstić information content (AvgIpc) is 2.89. The molecule has 0 radical (unpaired) electrons. The lowest BCUT2D eigenvalue weighted by Gasteiger charge is -2.19. The average molecular weight is 594 g/mol. The van der Waals surface area contributed by atoms with E-state index in [-0.39, 0.29) is 5.75 Å². The number of benzene rings is 3. The second kappa shape index (κ2) is 12.2. The lowest BCUT2D eigenvalue weighted by molar-refractivity contribution is -2.00. The fourth-order valence-corrected chi connectivity index (χ4v) is 4.54. The lowest BCUT2D eigenvalue weighted by Crippen LogP contribution is -2.68. The topological polar surface area (TPSA) is 186 Å². The molecule has 0 fully saturated rings. The molecule has 3 aromatic carbocycles. The van der Waals surface area contributed by atoms with Crippen molar-refractivity contribution < 1.29 is 71.5 Å². The van der Waals surface area contributed by atoms with Gasteiger partial charge < -0.3 is 28.4 Å². The third kappa shape index (κ3) is 6.45. The van der Waals surface area contributed by atoms with E-state index in [9.17, 15) is 9.59 Å². The molecule has 4 rings (SSSR count). The van der Waals surface area contributed by atoms with Crippen molar-refractivity contribution in [2.45, 2.75) is 20.8 Å². The van der Waals surface area contributed by atoms with Gasteiger partial charge in [-0.2, -0.15) is 4.57 Å². The molecule has 0 aliphatic carbocycles. The summed E-state index contributed by atoms with van der Waals surface area (Å²) in [5.74, 6) is 1.47. The van der Waals surface area contributed by atoms with Crippen LogP contribution in [0.15, 0.2) is 24.3 Å². The summed E-state index contributed by atoms with van der Waals surface area (Å²) < 4.78 is 69.6. The van der Waals surface area contributed by atoms with Gasteiger partial charge in [0, 0.05) is 36.9 Å². The Kier molecular flexibility index (Phi) is 9.31. The van der Waals surface area contributed by atoms with Crippen LogP contribution in [0.4, 0.5) is 0 Å². The lowest BCUT2D eigenvalue weighted by atomic mass is 9.96. The Labute approximate surface area is 236 Å². The largest absolute Gasteiger partial charge is 0.493 e. The Bertz CT molecular complexity index is 1660. The highest BCUT2D eigenvalue weighted by atomic mass is 35.7. The molecule has 0 saturated carbocycles. The Morgan fingerprint density at radius 3 is 1.39 bits per heavy atom. The number of carbonyl (C=O) groups excluding carboxylic acids is 2. The van der Waals surface area contributed by atoms with Crippen LogP contribution in [0.5, 0.6) is 34.5 Å². The van der Waals surface area contributed by atoms with Gasteiger partial charge in [-0.25, -0.2) is 18.6 Å². The van der Waals surface area contributed by atoms with Gasteiger partial charge in [-0.3, -0.25) is 9.59 Å². The third-order valence-corrected chi connectivity index (χ3v) is 6.20. The second-order valence-electron chi connectivity index (χ2n) is 8.60. The number of esters is 2. The van der Waals surface area contributed by atoms with Crippen LogP contribution in [0.3, 0.4) is 0 Å². The van der Waals surface area contributed by atoms with Gasteiger partial charge in [0.05, 0.1) is 33.8 Å². The minimum Gasteiger partial charge on any atom is -0.493 e. The van der Waals surface area contributed by atoms with E-state index in [4.69, 9.17) is 47.1 Å². The molecular weight excluding hydrogens is 566 g/mol. The van der Waals surface area contributed by atoms with Crippen molar-refractivity contribution in [1.82, 2.24) is 0 Å². The molecule has 0 amide bonds. The number of hydrogen-bond donors (Lipinski definition) is 0. The molecule has 41 heavy (non-hydrogen) atoms. The number of hydrogen-bond acceptors (Lipinski definition) is 12. The summed E-state index contributed by atoms with van der Waals surface area (Å²) in [6.45, 7) is 4.61. The quantitative estimate of drug-likeness (QED) is 0.0910. The number of aryl methyl sites for hydroxylation is 2. The van der Waals surface area contributed by atoms with Crippen molar-refractivity contribution >= 4 is 44.4 Å². The zero-order valence-electron chi connectivity index (χ0n) is 23.5. The molecule has 0 bridgehead atoms. The number of aromatic nitrogens is 1. The summed E-state index contributed by atoms with van der Waals surface area (Å²) in [4.78, 5) is 24.6. The SMILES string of the molecule is COc1cc2c(OC(C)=O)c3c4cc(OC)c(OC)cc4c(C)[n+](C)c3c(OC(C)=O)c2cc1OC.[O-][Cl+3]([O-])([O-])[O-]. The normalized spacial score (nSPS) is 11.1. The van der Waals surface area contributed by atoms with Crippen molar-refractivity contribution in [2.24, 2.45) is 7.05 Å². The monoisotopic (exact) mass is 593 g/mol. The van der Waals surface area contributed by atoms with Crippen molar-refractivity contribution in [3.8, 4) is 34.5 Å². The molecule has 0 atom stereocenters. The number of nitrogens with zero attached hydrogens (tertiary/aromatic N) is 1. The first-order valence-electron chi connectivity index (χ1n) is 11.7. The van der Waals surface area contributed by atoms with Gasteiger partial charge in [0.25, 0.3) is 5.52 Å². The Morgan fingerprint density at radius 2 is 1.00 bits per heavy atom. The standard InChI is InChI=1S/C27H28NO8.ClHO4/c1-13-16-9-20(31-5)21(32-6)10-17(16)24-25(28(13)4)27(36-15(3)30)19-12-23(34-8)22(33-7)11-18(19)26(24)35-14(2)29;2-1(3,4)5/h9-12H,1-8H3;(H,2,3,4,5)/q+1;/p-1. The van der Waals surface area contributed by atoms with E-state index in [1.165, 1.54) is 28.1 Å². The summed E-state index contributed by atoms with van der Waals surface area (Å²) in [6, 6.07) is 7.09. The summed E-state index contributed by atoms with van der Waals surface area (Å²) in [5.41, 5.74) is 1.42. The molecule has 220 valence electrons. The van der Waals surface area contributed by atoms with Gasteiger partial charge in [0.1, 0.15) is 12.4 Å². The van der Waals surface area contributed by atoms with Crippen LogP contribution in [0, 0.1) is 17.2 Å². The van der Waals surface area contributed by atoms with Crippen LogP contribution >= 0.6 is 0 Å². The van der Waals surface area contributed by atoms with Crippen LogP contribution in [0.25, 0.3) is 32.4 Å². The number of rotatable bonds is 6. The minimum atomic E-state index is -4.94. The molecule has 0 aliphatic heterocycles. The fourth-order valence-electron chi connectivity index (χ4n) is 4.54. The number of halogens is 1. The van der Waals surface area contributed by atoms with Crippen molar-refractivity contribution in [3.63, 3.8) is 0 Å². The Morgan fingerprint density at radius 1 is 0.659 bits per heavy atom.